The number of aryl methyl sites for hydroxylation is 1. The smallest absolute Gasteiger partial charge is 0.258 e. The number of benzene rings is 2. The monoisotopic (exact) mass is 273 g/mol. The predicted molar refractivity (Wildman–Crippen MR) is 75.6 cm³/mol. The molecule has 1 aliphatic carbocycles. The number of halogens is 1. The van der Waals surface area contributed by atoms with E-state index in [1.54, 1.807) is 18.2 Å². The lowest BCUT2D eigenvalue weighted by atomic mass is 9.95. The molecule has 0 N–H and O–H groups in total. The first-order valence-electron chi connectivity index (χ1n) is 6.22. The molecule has 0 saturated heterocycles. The number of hydrogen-bond acceptors (Lipinski definition) is 2. The van der Waals surface area contributed by atoms with Crippen molar-refractivity contribution in [2.45, 2.75) is 19.3 Å². The molecule has 0 heterocycles. The van der Waals surface area contributed by atoms with Gasteiger partial charge in [0, 0.05) is 11.1 Å². The molecule has 0 bridgehead atoms. The Morgan fingerprint density at radius 3 is 2.47 bits per heavy atom. The molecule has 1 aliphatic rings. The van der Waals surface area contributed by atoms with Crippen LogP contribution in [0.3, 0.4) is 0 Å². The summed E-state index contributed by atoms with van der Waals surface area (Å²) >= 11 is 5.88. The minimum Gasteiger partial charge on any atom is -0.258 e. The Morgan fingerprint density at radius 1 is 1.05 bits per heavy atom. The van der Waals surface area contributed by atoms with Crippen LogP contribution in [0, 0.1) is 10.1 Å². The second kappa shape index (κ2) is 4.67. The molecule has 96 valence electrons. The topological polar surface area (TPSA) is 43.1 Å². The summed E-state index contributed by atoms with van der Waals surface area (Å²) in [4.78, 5) is 10.9. The van der Waals surface area contributed by atoms with Gasteiger partial charge in [0.2, 0.25) is 0 Å². The Balaban J connectivity index is 2.25. The van der Waals surface area contributed by atoms with Gasteiger partial charge in [-0.25, -0.2) is 0 Å². The molecule has 0 atom stereocenters. The van der Waals surface area contributed by atoms with Gasteiger partial charge >= 0.3 is 0 Å². The van der Waals surface area contributed by atoms with E-state index >= 15 is 0 Å². The highest BCUT2D eigenvalue weighted by Gasteiger charge is 2.24. The Morgan fingerprint density at radius 2 is 1.79 bits per heavy atom. The molecule has 0 saturated carbocycles. The number of rotatable bonds is 2. The predicted octanol–water partition coefficient (Wildman–Crippen LogP) is 4.40. The van der Waals surface area contributed by atoms with Gasteiger partial charge < -0.3 is 0 Å². The van der Waals surface area contributed by atoms with Crippen LogP contribution in [0.25, 0.3) is 11.1 Å². The number of nitro benzene ring substituents is 1. The zero-order valence-corrected chi connectivity index (χ0v) is 11.0. The Bertz CT molecular complexity index is 650. The highest BCUT2D eigenvalue weighted by molar-refractivity contribution is 6.30. The lowest BCUT2D eigenvalue weighted by molar-refractivity contribution is -0.384. The van der Waals surface area contributed by atoms with Gasteiger partial charge in [0.05, 0.1) is 10.5 Å². The summed E-state index contributed by atoms with van der Waals surface area (Å²) in [6.45, 7) is 0. The first-order valence-corrected chi connectivity index (χ1v) is 6.59. The molecule has 4 heteroatoms. The van der Waals surface area contributed by atoms with Crippen LogP contribution in [0.1, 0.15) is 17.5 Å². The second-order valence-corrected chi connectivity index (χ2v) is 5.15. The van der Waals surface area contributed by atoms with Crippen molar-refractivity contribution in [3.63, 3.8) is 0 Å². The van der Waals surface area contributed by atoms with Gasteiger partial charge in [-0.15, -0.1) is 0 Å². The van der Waals surface area contributed by atoms with Gasteiger partial charge in [0.15, 0.2) is 0 Å². The molecule has 3 nitrogen and oxygen atoms in total. The highest BCUT2D eigenvalue weighted by atomic mass is 35.5. The summed E-state index contributed by atoms with van der Waals surface area (Å²) in [6.07, 6.45) is 2.99. The fourth-order valence-electron chi connectivity index (χ4n) is 2.74. The van der Waals surface area contributed by atoms with E-state index < -0.39 is 0 Å². The Labute approximate surface area is 116 Å². The maximum Gasteiger partial charge on any atom is 0.277 e. The standard InChI is InChI=1S/C15H12ClNO2/c16-12-7-4-11(5-8-12)15-13-3-1-2-10(13)6-9-14(15)17(18)19/h4-9H,1-3H2. The van der Waals surface area contributed by atoms with Crippen LogP contribution in [-0.4, -0.2) is 4.92 Å². The molecule has 2 aromatic carbocycles. The van der Waals surface area contributed by atoms with Crippen LogP contribution in [0.2, 0.25) is 5.02 Å². The van der Waals surface area contributed by atoms with E-state index in [-0.39, 0.29) is 10.6 Å². The van der Waals surface area contributed by atoms with Gasteiger partial charge in [-0.1, -0.05) is 29.8 Å². The van der Waals surface area contributed by atoms with Crippen LogP contribution in [0.5, 0.6) is 0 Å². The Hall–Kier alpha value is -1.87. The lowest BCUT2D eigenvalue weighted by Gasteiger charge is -2.09. The first-order chi connectivity index (χ1) is 9.16. The van der Waals surface area contributed by atoms with Crippen LogP contribution in [0.15, 0.2) is 36.4 Å². The van der Waals surface area contributed by atoms with Gasteiger partial charge in [0.1, 0.15) is 0 Å². The maximum absolute atomic E-state index is 11.2. The van der Waals surface area contributed by atoms with E-state index in [9.17, 15) is 10.1 Å². The minimum atomic E-state index is -0.303. The molecule has 0 aromatic heterocycles. The number of nitrogens with zero attached hydrogens (tertiary/aromatic N) is 1. The van der Waals surface area contributed by atoms with Gasteiger partial charge in [-0.05, 0) is 48.1 Å². The molecule has 0 radical (unpaired) electrons. The minimum absolute atomic E-state index is 0.183. The number of nitro groups is 1. The quantitative estimate of drug-likeness (QED) is 0.601. The molecular weight excluding hydrogens is 262 g/mol. The van der Waals surface area contributed by atoms with Crippen molar-refractivity contribution in [1.29, 1.82) is 0 Å². The lowest BCUT2D eigenvalue weighted by Crippen LogP contribution is -1.97. The molecule has 0 spiro atoms. The Kier molecular flexibility index (Phi) is 2.99. The maximum atomic E-state index is 11.2. The summed E-state index contributed by atoms with van der Waals surface area (Å²) in [6, 6.07) is 10.8. The van der Waals surface area contributed by atoms with Crippen LogP contribution >= 0.6 is 11.6 Å². The fraction of sp³-hybridized carbons (Fsp3) is 0.200. The molecular formula is C15H12ClNO2. The van der Waals surface area contributed by atoms with Crippen molar-refractivity contribution in [3.05, 3.63) is 62.7 Å². The zero-order valence-electron chi connectivity index (χ0n) is 10.2. The molecule has 0 fully saturated rings. The SMILES string of the molecule is O=[N+]([O-])c1ccc2c(c1-c1ccc(Cl)cc1)CCC2. The summed E-state index contributed by atoms with van der Waals surface area (Å²) in [7, 11) is 0. The first kappa shape index (κ1) is 12.2. The summed E-state index contributed by atoms with van der Waals surface area (Å²) < 4.78 is 0. The van der Waals surface area contributed by atoms with Crippen molar-refractivity contribution in [1.82, 2.24) is 0 Å². The number of fused-ring (bicyclic) bond motifs is 1. The van der Waals surface area contributed by atoms with Crippen molar-refractivity contribution in [2.24, 2.45) is 0 Å². The third kappa shape index (κ3) is 2.10. The average molecular weight is 274 g/mol. The molecule has 0 amide bonds. The second-order valence-electron chi connectivity index (χ2n) is 4.71. The van der Waals surface area contributed by atoms with E-state index in [1.807, 2.05) is 18.2 Å². The molecule has 0 aliphatic heterocycles. The van der Waals surface area contributed by atoms with Gasteiger partial charge in [-0.2, -0.15) is 0 Å². The average Bonchev–Trinajstić information content (AvgIpc) is 2.86. The molecule has 0 unspecified atom stereocenters. The normalized spacial score (nSPS) is 13.3. The van der Waals surface area contributed by atoms with Gasteiger partial charge in [-0.3, -0.25) is 10.1 Å². The van der Waals surface area contributed by atoms with E-state index in [0.29, 0.717) is 5.02 Å². The highest BCUT2D eigenvalue weighted by Crippen LogP contribution is 2.39. The molecule has 19 heavy (non-hydrogen) atoms. The van der Waals surface area contributed by atoms with Crippen LogP contribution in [0.4, 0.5) is 5.69 Å². The molecule has 2 aromatic rings. The summed E-state index contributed by atoms with van der Waals surface area (Å²) in [5, 5.41) is 11.9. The van der Waals surface area contributed by atoms with E-state index in [1.165, 1.54) is 5.56 Å². The fourth-order valence-corrected chi connectivity index (χ4v) is 2.87. The van der Waals surface area contributed by atoms with Crippen molar-refractivity contribution < 1.29 is 4.92 Å². The van der Waals surface area contributed by atoms with Crippen molar-refractivity contribution >= 4 is 17.3 Å². The largest absolute Gasteiger partial charge is 0.277 e. The third-order valence-electron chi connectivity index (χ3n) is 3.59. The molecule has 3 rings (SSSR count). The number of hydrogen-bond donors (Lipinski definition) is 0. The van der Waals surface area contributed by atoms with Crippen molar-refractivity contribution in [3.8, 4) is 11.1 Å². The third-order valence-corrected chi connectivity index (χ3v) is 3.84. The van der Waals surface area contributed by atoms with Gasteiger partial charge in [0.25, 0.3) is 5.69 Å². The van der Waals surface area contributed by atoms with Crippen LogP contribution in [-0.2, 0) is 12.8 Å². The van der Waals surface area contributed by atoms with E-state index in [0.717, 1.165) is 36.0 Å². The van der Waals surface area contributed by atoms with E-state index in [4.69, 9.17) is 11.6 Å². The summed E-state index contributed by atoms with van der Waals surface area (Å²) in [5.41, 5.74) is 4.17. The zero-order chi connectivity index (χ0) is 13.4. The van der Waals surface area contributed by atoms with E-state index in [2.05, 4.69) is 0 Å². The van der Waals surface area contributed by atoms with Crippen LogP contribution < -0.4 is 0 Å². The van der Waals surface area contributed by atoms with Crippen molar-refractivity contribution in [2.75, 3.05) is 0 Å². The summed E-state index contributed by atoms with van der Waals surface area (Å²) in [5.74, 6) is 0.